The molecule has 0 aromatic rings. The number of nitrogens with zero attached hydrogens (tertiary/aromatic N) is 1. The molecule has 0 aliphatic heterocycles. The molecule has 0 spiro atoms. The number of rotatable bonds is 15. The SMILES string of the molecule is CO/N=C/[C@H](O[Si](C)(C)C)[C@@H](OC)[C@H](O[Si](C)(C)C)[C@@H](CO[Si](C)(C)C)O[Si](C)(C)C. The first kappa shape index (κ1) is 31.1. The van der Waals surface area contributed by atoms with Crippen molar-refractivity contribution in [1.29, 1.82) is 0 Å². The molecule has 0 radical (unpaired) electrons. The molecule has 0 saturated carbocycles. The van der Waals surface area contributed by atoms with E-state index in [-0.39, 0.29) is 12.2 Å². The Balaban J connectivity index is 6.28. The molecule has 0 aromatic carbocycles. The van der Waals surface area contributed by atoms with Gasteiger partial charge in [-0.15, -0.1) is 0 Å². The second-order valence-electron chi connectivity index (χ2n) is 11.7. The van der Waals surface area contributed by atoms with Gasteiger partial charge in [0.1, 0.15) is 25.4 Å². The van der Waals surface area contributed by atoms with Crippen molar-refractivity contribution < 1.29 is 27.3 Å². The highest BCUT2D eigenvalue weighted by Gasteiger charge is 2.42. The molecule has 4 atom stereocenters. The highest BCUT2D eigenvalue weighted by molar-refractivity contribution is 6.71. The van der Waals surface area contributed by atoms with Crippen LogP contribution in [0.1, 0.15) is 0 Å². The van der Waals surface area contributed by atoms with Crippen molar-refractivity contribution in [3.05, 3.63) is 0 Å². The molecule has 0 aliphatic rings. The van der Waals surface area contributed by atoms with E-state index < -0.39 is 45.5 Å². The van der Waals surface area contributed by atoms with Crippen LogP contribution in [0.15, 0.2) is 5.16 Å². The van der Waals surface area contributed by atoms with Crippen LogP contribution in [0.5, 0.6) is 0 Å². The fraction of sp³-hybridized carbons (Fsp3) is 0.950. The summed E-state index contributed by atoms with van der Waals surface area (Å²) in [7, 11) is -4.30. The zero-order chi connectivity index (χ0) is 24.7. The Labute approximate surface area is 195 Å². The molecule has 0 aliphatic carbocycles. The lowest BCUT2D eigenvalue weighted by Gasteiger charge is -2.42. The van der Waals surface area contributed by atoms with Crippen LogP contribution in [-0.2, 0) is 27.3 Å². The highest BCUT2D eigenvalue weighted by Crippen LogP contribution is 2.26. The minimum absolute atomic E-state index is 0.265. The van der Waals surface area contributed by atoms with E-state index in [2.05, 4.69) is 83.7 Å². The number of methoxy groups -OCH3 is 1. The molecule has 31 heavy (non-hydrogen) atoms. The molecule has 0 heterocycles. The van der Waals surface area contributed by atoms with Gasteiger partial charge < -0.3 is 27.3 Å². The Bertz CT molecular complexity index is 538. The quantitative estimate of drug-likeness (QED) is 0.172. The average Bonchev–Trinajstić information content (AvgIpc) is 2.51. The number of ether oxygens (including phenoxy) is 1. The molecule has 0 N–H and O–H groups in total. The van der Waals surface area contributed by atoms with Crippen LogP contribution in [0.4, 0.5) is 0 Å². The molecular formula is C20H49NO6Si4. The summed E-state index contributed by atoms with van der Waals surface area (Å²) in [6, 6.07) is 0. The lowest BCUT2D eigenvalue weighted by molar-refractivity contribution is -0.0965. The Hall–Kier alpha value is 0.138. The van der Waals surface area contributed by atoms with E-state index in [0.717, 1.165) is 0 Å². The van der Waals surface area contributed by atoms with Gasteiger partial charge in [-0.25, -0.2) is 0 Å². The van der Waals surface area contributed by atoms with Gasteiger partial charge in [0.2, 0.25) is 0 Å². The van der Waals surface area contributed by atoms with Crippen molar-refractivity contribution in [1.82, 2.24) is 0 Å². The Morgan fingerprint density at radius 1 is 0.645 bits per heavy atom. The summed E-state index contributed by atoms with van der Waals surface area (Å²) in [6.45, 7) is 26.5. The zero-order valence-electron chi connectivity index (χ0n) is 22.5. The third kappa shape index (κ3) is 15.6. The molecule has 0 amide bonds. The lowest BCUT2D eigenvalue weighted by Crippen LogP contribution is -2.57. The molecule has 0 fully saturated rings. The van der Waals surface area contributed by atoms with Crippen LogP contribution in [0.2, 0.25) is 78.6 Å². The van der Waals surface area contributed by atoms with E-state index in [4.69, 9.17) is 27.3 Å². The molecule has 0 bridgehead atoms. The van der Waals surface area contributed by atoms with Gasteiger partial charge in [0.15, 0.2) is 33.3 Å². The number of hydrogen-bond donors (Lipinski definition) is 0. The van der Waals surface area contributed by atoms with Crippen molar-refractivity contribution in [3.8, 4) is 0 Å². The smallest absolute Gasteiger partial charge is 0.184 e. The van der Waals surface area contributed by atoms with Crippen LogP contribution >= 0.6 is 0 Å². The Morgan fingerprint density at radius 2 is 1.13 bits per heavy atom. The molecule has 0 unspecified atom stereocenters. The fourth-order valence-corrected chi connectivity index (χ4v) is 6.80. The maximum atomic E-state index is 6.72. The van der Waals surface area contributed by atoms with E-state index in [1.54, 1.807) is 13.3 Å². The van der Waals surface area contributed by atoms with Crippen molar-refractivity contribution in [3.63, 3.8) is 0 Å². The van der Waals surface area contributed by atoms with Crippen LogP contribution in [0, 0.1) is 0 Å². The van der Waals surface area contributed by atoms with Gasteiger partial charge in [-0.1, -0.05) is 5.16 Å². The highest BCUT2D eigenvalue weighted by atomic mass is 28.4. The van der Waals surface area contributed by atoms with Gasteiger partial charge in [0.25, 0.3) is 0 Å². The normalized spacial score (nSPS) is 18.1. The van der Waals surface area contributed by atoms with Gasteiger partial charge in [0, 0.05) is 7.11 Å². The first-order valence-corrected chi connectivity index (χ1v) is 24.7. The lowest BCUT2D eigenvalue weighted by atomic mass is 10.0. The first-order valence-electron chi connectivity index (χ1n) is 11.0. The fourth-order valence-electron chi connectivity index (χ4n) is 2.91. The largest absolute Gasteiger partial charge is 0.415 e. The first-order chi connectivity index (χ1) is 13.8. The summed E-state index contributed by atoms with van der Waals surface area (Å²) in [5.74, 6) is 0. The summed E-state index contributed by atoms with van der Waals surface area (Å²) >= 11 is 0. The van der Waals surface area contributed by atoms with Gasteiger partial charge >= 0.3 is 0 Å². The summed E-state index contributed by atoms with van der Waals surface area (Å²) in [4.78, 5) is 4.97. The summed E-state index contributed by atoms with van der Waals surface area (Å²) in [6.07, 6.45) is 0.224. The molecule has 0 saturated heterocycles. The van der Waals surface area contributed by atoms with E-state index in [1.807, 2.05) is 0 Å². The molecule has 0 rings (SSSR count). The molecule has 7 nitrogen and oxygen atoms in total. The third-order valence-electron chi connectivity index (χ3n) is 3.76. The van der Waals surface area contributed by atoms with Crippen molar-refractivity contribution in [2.45, 2.75) is 103 Å². The van der Waals surface area contributed by atoms with E-state index >= 15 is 0 Å². The van der Waals surface area contributed by atoms with Crippen LogP contribution < -0.4 is 0 Å². The predicted octanol–water partition coefficient (Wildman–Crippen LogP) is 5.15. The summed E-state index contributed by atoms with van der Waals surface area (Å²) in [5, 5.41) is 4.01. The van der Waals surface area contributed by atoms with Gasteiger partial charge in [0.05, 0.1) is 18.9 Å². The predicted molar refractivity (Wildman–Crippen MR) is 140 cm³/mol. The summed E-state index contributed by atoms with van der Waals surface area (Å²) in [5.41, 5.74) is 0. The third-order valence-corrected chi connectivity index (χ3v) is 7.77. The van der Waals surface area contributed by atoms with Crippen LogP contribution in [0.3, 0.4) is 0 Å². The standard InChI is InChI=1S/C20H49NO6Si4/c1-22-19(17(15-21-23-2)25-29(6,7)8)20(27-31(12,13)14)18(26-30(9,10)11)16-24-28(3,4)5/h15,17-20H,16H2,1-14H3/b21-15+/t17-,18+,19+,20+/m0/s1. The monoisotopic (exact) mass is 511 g/mol. The van der Waals surface area contributed by atoms with Crippen molar-refractivity contribution in [2.24, 2.45) is 5.16 Å². The van der Waals surface area contributed by atoms with Gasteiger partial charge in [-0.05, 0) is 78.6 Å². The van der Waals surface area contributed by atoms with Crippen LogP contribution in [-0.4, -0.2) is 84.7 Å². The number of oxime groups is 1. The van der Waals surface area contributed by atoms with Gasteiger partial charge in [-0.3, -0.25) is 0 Å². The molecule has 11 heteroatoms. The Kier molecular flexibility index (Phi) is 12.6. The second kappa shape index (κ2) is 12.6. The number of hydrogen-bond acceptors (Lipinski definition) is 7. The molecular weight excluding hydrogens is 463 g/mol. The molecule has 0 aromatic heterocycles. The van der Waals surface area contributed by atoms with E-state index in [9.17, 15) is 0 Å². The Morgan fingerprint density at radius 3 is 1.48 bits per heavy atom. The minimum Gasteiger partial charge on any atom is -0.415 e. The van der Waals surface area contributed by atoms with E-state index in [0.29, 0.717) is 6.61 Å². The minimum atomic E-state index is -1.96. The topological polar surface area (TPSA) is 67.7 Å². The van der Waals surface area contributed by atoms with Crippen LogP contribution in [0.25, 0.3) is 0 Å². The zero-order valence-corrected chi connectivity index (χ0v) is 26.5. The van der Waals surface area contributed by atoms with Crippen molar-refractivity contribution >= 4 is 39.5 Å². The van der Waals surface area contributed by atoms with E-state index in [1.165, 1.54) is 7.11 Å². The van der Waals surface area contributed by atoms with Gasteiger partial charge in [-0.2, -0.15) is 0 Å². The maximum absolute atomic E-state index is 6.72. The second-order valence-corrected chi connectivity index (χ2v) is 29.6. The summed E-state index contributed by atoms with van der Waals surface area (Å²) < 4.78 is 32.2. The van der Waals surface area contributed by atoms with Crippen molar-refractivity contribution in [2.75, 3.05) is 20.8 Å². The molecule has 186 valence electrons. The average molecular weight is 512 g/mol. The maximum Gasteiger partial charge on any atom is 0.184 e.